The van der Waals surface area contributed by atoms with Crippen LogP contribution >= 0.6 is 11.8 Å². The SMILES string of the molecule is Cc1cccc(-n2ccnc2SCC(=O)N2CCN(C(C#N)C(C)C)CC2)c1C. The van der Waals surface area contributed by atoms with Crippen LogP contribution in [0, 0.1) is 31.1 Å². The van der Waals surface area contributed by atoms with Crippen LogP contribution in [0.15, 0.2) is 35.7 Å². The normalized spacial score (nSPS) is 16.1. The minimum absolute atomic E-state index is 0.0772. The molecule has 154 valence electrons. The van der Waals surface area contributed by atoms with Gasteiger partial charge in [0.05, 0.1) is 17.5 Å². The Morgan fingerprint density at radius 3 is 2.62 bits per heavy atom. The lowest BCUT2D eigenvalue weighted by molar-refractivity contribution is -0.130. The Morgan fingerprint density at radius 2 is 1.97 bits per heavy atom. The van der Waals surface area contributed by atoms with Gasteiger partial charge in [-0.25, -0.2) is 4.98 Å². The average molecular weight is 412 g/mol. The number of nitriles is 1. The molecule has 0 N–H and O–H groups in total. The van der Waals surface area contributed by atoms with Gasteiger partial charge in [-0.1, -0.05) is 37.7 Å². The second-order valence-electron chi connectivity index (χ2n) is 7.82. The van der Waals surface area contributed by atoms with E-state index in [9.17, 15) is 10.1 Å². The monoisotopic (exact) mass is 411 g/mol. The van der Waals surface area contributed by atoms with E-state index in [2.05, 4.69) is 60.3 Å². The number of carbonyl (C=O) groups excluding carboxylic acids is 1. The third kappa shape index (κ3) is 4.82. The van der Waals surface area contributed by atoms with Gasteiger partial charge in [-0.05, 0) is 37.0 Å². The summed E-state index contributed by atoms with van der Waals surface area (Å²) >= 11 is 1.48. The van der Waals surface area contributed by atoms with Crippen molar-refractivity contribution in [1.29, 1.82) is 5.26 Å². The highest BCUT2D eigenvalue weighted by Gasteiger charge is 2.27. The Kier molecular flexibility index (Phi) is 6.99. The van der Waals surface area contributed by atoms with Crippen LogP contribution in [0.2, 0.25) is 0 Å². The number of nitrogens with zero attached hydrogens (tertiary/aromatic N) is 5. The van der Waals surface area contributed by atoms with E-state index < -0.39 is 0 Å². The fraction of sp³-hybridized carbons (Fsp3) is 0.500. The first kappa shape index (κ1) is 21.4. The van der Waals surface area contributed by atoms with Crippen molar-refractivity contribution in [2.75, 3.05) is 31.9 Å². The van der Waals surface area contributed by atoms with Crippen LogP contribution in [-0.4, -0.2) is 63.2 Å². The van der Waals surface area contributed by atoms with E-state index >= 15 is 0 Å². The van der Waals surface area contributed by atoms with Crippen molar-refractivity contribution >= 4 is 17.7 Å². The maximum Gasteiger partial charge on any atom is 0.233 e. The van der Waals surface area contributed by atoms with Gasteiger partial charge < -0.3 is 4.90 Å². The molecule has 3 rings (SSSR count). The molecule has 1 amide bonds. The molecule has 0 radical (unpaired) electrons. The molecule has 0 spiro atoms. The number of thioether (sulfide) groups is 1. The molecule has 7 heteroatoms. The molecule has 1 aromatic carbocycles. The van der Waals surface area contributed by atoms with Crippen LogP contribution in [0.4, 0.5) is 0 Å². The molecule has 0 aliphatic carbocycles. The van der Waals surface area contributed by atoms with Crippen LogP contribution in [-0.2, 0) is 4.79 Å². The second kappa shape index (κ2) is 9.47. The van der Waals surface area contributed by atoms with Crippen molar-refractivity contribution in [3.8, 4) is 11.8 Å². The summed E-state index contributed by atoms with van der Waals surface area (Å²) in [5.41, 5.74) is 3.55. The molecule has 0 saturated carbocycles. The smallest absolute Gasteiger partial charge is 0.233 e. The van der Waals surface area contributed by atoms with Gasteiger partial charge in [0.15, 0.2) is 5.16 Å². The summed E-state index contributed by atoms with van der Waals surface area (Å²) in [6, 6.07) is 8.54. The third-order valence-electron chi connectivity index (χ3n) is 5.59. The Bertz CT molecular complexity index is 893. The van der Waals surface area contributed by atoms with Gasteiger partial charge in [-0.3, -0.25) is 14.3 Å². The van der Waals surface area contributed by atoms with Gasteiger partial charge in [0.1, 0.15) is 6.04 Å². The molecule has 2 aromatic rings. The van der Waals surface area contributed by atoms with E-state index in [0.29, 0.717) is 24.8 Å². The topological polar surface area (TPSA) is 65.2 Å². The highest BCUT2D eigenvalue weighted by atomic mass is 32.2. The summed E-state index contributed by atoms with van der Waals surface area (Å²) < 4.78 is 2.05. The van der Waals surface area contributed by atoms with Crippen LogP contribution in [0.3, 0.4) is 0 Å². The first-order chi connectivity index (χ1) is 13.9. The van der Waals surface area contributed by atoms with Crippen molar-refractivity contribution in [3.05, 3.63) is 41.7 Å². The molecule has 0 bridgehead atoms. The molecule has 1 unspecified atom stereocenters. The summed E-state index contributed by atoms with van der Waals surface area (Å²) in [5.74, 6) is 0.790. The van der Waals surface area contributed by atoms with Crippen LogP contribution in [0.25, 0.3) is 5.69 Å². The van der Waals surface area contributed by atoms with Crippen molar-refractivity contribution in [2.24, 2.45) is 5.92 Å². The molecule has 1 saturated heterocycles. The summed E-state index contributed by atoms with van der Waals surface area (Å²) in [7, 11) is 0. The number of carbonyl (C=O) groups is 1. The standard InChI is InChI=1S/C22H29N5OS/c1-16(2)20(14-23)25-10-12-26(13-11-25)21(28)15-29-22-24-8-9-27(22)19-7-5-6-17(3)18(19)4/h5-9,16,20H,10-13,15H2,1-4H3. The maximum absolute atomic E-state index is 12.7. The minimum atomic E-state index is -0.0772. The Morgan fingerprint density at radius 1 is 1.24 bits per heavy atom. The molecule has 1 atom stereocenters. The van der Waals surface area contributed by atoms with Crippen molar-refractivity contribution in [3.63, 3.8) is 0 Å². The minimum Gasteiger partial charge on any atom is -0.339 e. The first-order valence-corrected chi connectivity index (χ1v) is 11.0. The number of rotatable bonds is 6. The maximum atomic E-state index is 12.7. The zero-order chi connectivity index (χ0) is 21.0. The molecule has 1 aliphatic heterocycles. The predicted molar refractivity (Wildman–Crippen MR) is 116 cm³/mol. The summed E-state index contributed by atoms with van der Waals surface area (Å²) in [6.07, 6.45) is 3.72. The fourth-order valence-electron chi connectivity index (χ4n) is 3.70. The van der Waals surface area contributed by atoms with E-state index in [4.69, 9.17) is 0 Å². The highest BCUT2D eigenvalue weighted by molar-refractivity contribution is 7.99. The number of imidazole rings is 1. The van der Waals surface area contributed by atoms with Gasteiger partial charge in [-0.15, -0.1) is 0 Å². The number of amides is 1. The van der Waals surface area contributed by atoms with Gasteiger partial charge in [0.2, 0.25) is 5.91 Å². The zero-order valence-electron chi connectivity index (χ0n) is 17.6. The second-order valence-corrected chi connectivity index (χ2v) is 8.76. The van der Waals surface area contributed by atoms with Gasteiger partial charge in [-0.2, -0.15) is 5.26 Å². The first-order valence-electron chi connectivity index (χ1n) is 10.1. The largest absolute Gasteiger partial charge is 0.339 e. The van der Waals surface area contributed by atoms with Gasteiger partial charge >= 0.3 is 0 Å². The number of hydrogen-bond donors (Lipinski definition) is 0. The van der Waals surface area contributed by atoms with Gasteiger partial charge in [0, 0.05) is 38.6 Å². The lowest BCUT2D eigenvalue weighted by atomic mass is 10.0. The van der Waals surface area contributed by atoms with Crippen molar-refractivity contribution in [1.82, 2.24) is 19.4 Å². The summed E-state index contributed by atoms with van der Waals surface area (Å²) in [6.45, 7) is 11.2. The molecule has 29 heavy (non-hydrogen) atoms. The molecular formula is C22H29N5OS. The lowest BCUT2D eigenvalue weighted by Crippen LogP contribution is -2.53. The third-order valence-corrected chi connectivity index (χ3v) is 6.54. The highest BCUT2D eigenvalue weighted by Crippen LogP contribution is 2.24. The molecule has 1 fully saturated rings. The lowest BCUT2D eigenvalue weighted by Gasteiger charge is -2.38. The van der Waals surface area contributed by atoms with Crippen LogP contribution < -0.4 is 0 Å². The fourth-order valence-corrected chi connectivity index (χ4v) is 4.56. The quantitative estimate of drug-likeness (QED) is 0.683. The van der Waals surface area contributed by atoms with E-state index in [1.165, 1.54) is 22.9 Å². The van der Waals surface area contributed by atoms with Crippen molar-refractivity contribution < 1.29 is 4.79 Å². The average Bonchev–Trinajstić information content (AvgIpc) is 3.17. The van der Waals surface area contributed by atoms with Crippen LogP contribution in [0.5, 0.6) is 0 Å². The Labute approximate surface area is 177 Å². The number of aromatic nitrogens is 2. The predicted octanol–water partition coefficient (Wildman–Crippen LogP) is 3.27. The number of aryl methyl sites for hydroxylation is 1. The van der Waals surface area contributed by atoms with Gasteiger partial charge in [0.25, 0.3) is 0 Å². The summed E-state index contributed by atoms with van der Waals surface area (Å²) in [4.78, 5) is 21.3. The van der Waals surface area contributed by atoms with E-state index in [1.54, 1.807) is 6.20 Å². The molecule has 2 heterocycles. The molecule has 1 aliphatic rings. The zero-order valence-corrected chi connectivity index (χ0v) is 18.4. The summed E-state index contributed by atoms with van der Waals surface area (Å²) in [5, 5.41) is 10.2. The van der Waals surface area contributed by atoms with Crippen molar-refractivity contribution in [2.45, 2.75) is 38.9 Å². The molecule has 6 nitrogen and oxygen atoms in total. The van der Waals surface area contributed by atoms with E-state index in [0.717, 1.165) is 23.9 Å². The Hall–Kier alpha value is -2.30. The van der Waals surface area contributed by atoms with E-state index in [-0.39, 0.29) is 11.9 Å². The van der Waals surface area contributed by atoms with E-state index in [1.807, 2.05) is 17.2 Å². The molecule has 1 aromatic heterocycles. The number of benzene rings is 1. The number of piperazine rings is 1. The Balaban J connectivity index is 1.58. The number of hydrogen-bond acceptors (Lipinski definition) is 5. The molecular weight excluding hydrogens is 382 g/mol. The van der Waals surface area contributed by atoms with Crippen LogP contribution in [0.1, 0.15) is 25.0 Å².